The number of carboxylic acid groups (broad SMARTS) is 1. The van der Waals surface area contributed by atoms with Crippen molar-refractivity contribution in [2.75, 3.05) is 12.9 Å². The van der Waals surface area contributed by atoms with Gasteiger partial charge >= 0.3 is 5.97 Å². The molecule has 0 amide bonds. The molecule has 1 aromatic rings. The molecule has 0 aromatic carbocycles. The topological polar surface area (TPSA) is 71.5 Å². The SMILES string of the molecule is COc1cccc(C2N[C@@H](C(=O)O)CS2)n1. The molecular weight excluding hydrogens is 228 g/mol. The van der Waals surface area contributed by atoms with Gasteiger partial charge in [-0.05, 0) is 6.07 Å². The lowest BCUT2D eigenvalue weighted by molar-refractivity contribution is -0.138. The molecule has 1 aromatic heterocycles. The smallest absolute Gasteiger partial charge is 0.321 e. The Morgan fingerprint density at radius 1 is 1.69 bits per heavy atom. The van der Waals surface area contributed by atoms with Crippen molar-refractivity contribution < 1.29 is 14.6 Å². The van der Waals surface area contributed by atoms with Crippen LogP contribution >= 0.6 is 11.8 Å². The Morgan fingerprint density at radius 2 is 2.50 bits per heavy atom. The molecule has 2 N–H and O–H groups in total. The summed E-state index contributed by atoms with van der Waals surface area (Å²) in [6.45, 7) is 0. The van der Waals surface area contributed by atoms with Crippen LogP contribution in [0.25, 0.3) is 0 Å². The summed E-state index contributed by atoms with van der Waals surface area (Å²) < 4.78 is 5.02. The molecule has 1 fully saturated rings. The standard InChI is InChI=1S/C10H12N2O3S/c1-15-8-4-2-3-6(11-8)9-12-7(5-16-9)10(13)14/h2-4,7,9,12H,5H2,1H3,(H,13,14)/t7-,9?/m1/s1. The van der Waals surface area contributed by atoms with Crippen molar-refractivity contribution in [2.24, 2.45) is 0 Å². The number of thioether (sulfide) groups is 1. The number of aromatic nitrogens is 1. The summed E-state index contributed by atoms with van der Waals surface area (Å²) in [5, 5.41) is 11.8. The second-order valence-corrected chi connectivity index (χ2v) is 4.51. The lowest BCUT2D eigenvalue weighted by Gasteiger charge is -2.10. The maximum atomic E-state index is 10.8. The predicted octanol–water partition coefficient (Wildman–Crippen LogP) is 0.878. The van der Waals surface area contributed by atoms with E-state index < -0.39 is 12.0 Å². The quantitative estimate of drug-likeness (QED) is 0.817. The second-order valence-electron chi connectivity index (χ2n) is 3.38. The Balaban J connectivity index is 2.11. The fraction of sp³-hybridized carbons (Fsp3) is 0.400. The van der Waals surface area contributed by atoms with Crippen LogP contribution in [0.15, 0.2) is 18.2 Å². The molecule has 2 rings (SSSR count). The Hall–Kier alpha value is -1.27. The van der Waals surface area contributed by atoms with E-state index in [0.717, 1.165) is 5.69 Å². The van der Waals surface area contributed by atoms with E-state index >= 15 is 0 Å². The van der Waals surface area contributed by atoms with Gasteiger partial charge in [0.15, 0.2) is 0 Å². The van der Waals surface area contributed by atoms with Crippen molar-refractivity contribution in [1.82, 2.24) is 10.3 Å². The number of pyridine rings is 1. The van der Waals surface area contributed by atoms with E-state index in [4.69, 9.17) is 9.84 Å². The summed E-state index contributed by atoms with van der Waals surface area (Å²) in [7, 11) is 1.56. The normalized spacial score (nSPS) is 24.3. The molecular formula is C10H12N2O3S. The van der Waals surface area contributed by atoms with Crippen molar-refractivity contribution in [2.45, 2.75) is 11.4 Å². The number of hydrogen-bond acceptors (Lipinski definition) is 5. The zero-order valence-electron chi connectivity index (χ0n) is 8.71. The first-order chi connectivity index (χ1) is 7.70. The van der Waals surface area contributed by atoms with Gasteiger partial charge in [0.2, 0.25) is 5.88 Å². The number of aliphatic carboxylic acids is 1. The van der Waals surface area contributed by atoms with Crippen LogP contribution in [0.5, 0.6) is 5.88 Å². The molecule has 1 aliphatic rings. The van der Waals surface area contributed by atoms with E-state index in [1.807, 2.05) is 12.1 Å². The van der Waals surface area contributed by atoms with Gasteiger partial charge in [-0.3, -0.25) is 10.1 Å². The highest BCUT2D eigenvalue weighted by Gasteiger charge is 2.31. The van der Waals surface area contributed by atoms with E-state index in [2.05, 4.69) is 10.3 Å². The van der Waals surface area contributed by atoms with E-state index in [0.29, 0.717) is 11.6 Å². The Kier molecular flexibility index (Phi) is 3.31. The molecule has 2 heterocycles. The number of carboxylic acids is 1. The van der Waals surface area contributed by atoms with Crippen molar-refractivity contribution in [3.8, 4) is 5.88 Å². The average molecular weight is 240 g/mol. The van der Waals surface area contributed by atoms with Crippen LogP contribution in [0.1, 0.15) is 11.1 Å². The molecule has 2 atom stereocenters. The summed E-state index contributed by atoms with van der Waals surface area (Å²) in [5.41, 5.74) is 0.799. The molecule has 0 radical (unpaired) electrons. The molecule has 1 saturated heterocycles. The fourth-order valence-electron chi connectivity index (χ4n) is 1.48. The largest absolute Gasteiger partial charge is 0.481 e. The van der Waals surface area contributed by atoms with Crippen LogP contribution in [0, 0.1) is 0 Å². The first kappa shape index (κ1) is 11.2. The van der Waals surface area contributed by atoms with E-state index in [1.165, 1.54) is 0 Å². The third-order valence-corrected chi connectivity index (χ3v) is 3.54. The van der Waals surface area contributed by atoms with E-state index in [-0.39, 0.29) is 5.37 Å². The summed E-state index contributed by atoms with van der Waals surface area (Å²) in [5.74, 6) is 0.274. The van der Waals surface area contributed by atoms with Crippen LogP contribution in [0.2, 0.25) is 0 Å². The highest BCUT2D eigenvalue weighted by Crippen LogP contribution is 2.32. The molecule has 16 heavy (non-hydrogen) atoms. The van der Waals surface area contributed by atoms with Crippen molar-refractivity contribution >= 4 is 17.7 Å². The number of ether oxygens (including phenoxy) is 1. The summed E-state index contributed by atoms with van der Waals surface area (Å²) in [6.07, 6.45) is 0. The number of carbonyl (C=O) groups is 1. The molecule has 5 nitrogen and oxygen atoms in total. The molecule has 0 aliphatic carbocycles. The molecule has 6 heteroatoms. The van der Waals surface area contributed by atoms with Gasteiger partial charge in [0.1, 0.15) is 6.04 Å². The van der Waals surface area contributed by atoms with Gasteiger partial charge in [0, 0.05) is 11.8 Å². The predicted molar refractivity (Wildman–Crippen MR) is 60.5 cm³/mol. The maximum absolute atomic E-state index is 10.8. The Morgan fingerprint density at radius 3 is 3.12 bits per heavy atom. The highest BCUT2D eigenvalue weighted by atomic mass is 32.2. The Labute approximate surface area is 97.2 Å². The van der Waals surface area contributed by atoms with Crippen LogP contribution in [-0.4, -0.2) is 35.0 Å². The monoisotopic (exact) mass is 240 g/mol. The molecule has 1 unspecified atom stereocenters. The van der Waals surface area contributed by atoms with Crippen molar-refractivity contribution in [3.05, 3.63) is 23.9 Å². The van der Waals surface area contributed by atoms with Crippen molar-refractivity contribution in [3.63, 3.8) is 0 Å². The fourth-order valence-corrected chi connectivity index (χ4v) is 2.66. The zero-order valence-corrected chi connectivity index (χ0v) is 9.53. The van der Waals surface area contributed by atoms with Crippen LogP contribution in [-0.2, 0) is 4.79 Å². The molecule has 1 aliphatic heterocycles. The number of hydrogen-bond donors (Lipinski definition) is 2. The van der Waals surface area contributed by atoms with Gasteiger partial charge in [0.05, 0.1) is 18.2 Å². The third kappa shape index (κ3) is 2.28. The molecule has 0 bridgehead atoms. The summed E-state index contributed by atoms with van der Waals surface area (Å²) >= 11 is 1.54. The van der Waals surface area contributed by atoms with Crippen LogP contribution in [0.3, 0.4) is 0 Å². The highest BCUT2D eigenvalue weighted by molar-refractivity contribution is 7.99. The first-order valence-electron chi connectivity index (χ1n) is 4.82. The number of nitrogens with zero attached hydrogens (tertiary/aromatic N) is 1. The van der Waals surface area contributed by atoms with Gasteiger partial charge in [-0.25, -0.2) is 4.98 Å². The molecule has 0 spiro atoms. The number of rotatable bonds is 3. The minimum atomic E-state index is -0.821. The van der Waals surface area contributed by atoms with E-state index in [1.54, 1.807) is 24.9 Å². The lowest BCUT2D eigenvalue weighted by atomic mass is 10.3. The zero-order chi connectivity index (χ0) is 11.5. The summed E-state index contributed by atoms with van der Waals surface area (Å²) in [6, 6.07) is 4.97. The van der Waals surface area contributed by atoms with Gasteiger partial charge in [-0.15, -0.1) is 11.8 Å². The second kappa shape index (κ2) is 4.71. The number of nitrogens with one attached hydrogen (secondary N) is 1. The van der Waals surface area contributed by atoms with Gasteiger partial charge in [0.25, 0.3) is 0 Å². The van der Waals surface area contributed by atoms with Gasteiger partial charge in [-0.2, -0.15) is 0 Å². The Bertz CT molecular complexity index is 399. The maximum Gasteiger partial charge on any atom is 0.321 e. The van der Waals surface area contributed by atoms with Crippen LogP contribution in [0.4, 0.5) is 0 Å². The number of methoxy groups -OCH3 is 1. The van der Waals surface area contributed by atoms with E-state index in [9.17, 15) is 4.79 Å². The van der Waals surface area contributed by atoms with Crippen molar-refractivity contribution in [1.29, 1.82) is 0 Å². The van der Waals surface area contributed by atoms with Crippen LogP contribution < -0.4 is 10.1 Å². The minimum absolute atomic E-state index is 0.0730. The lowest BCUT2D eigenvalue weighted by Crippen LogP contribution is -2.33. The summed E-state index contributed by atoms with van der Waals surface area (Å²) in [4.78, 5) is 15.0. The average Bonchev–Trinajstić information content (AvgIpc) is 2.78. The first-order valence-corrected chi connectivity index (χ1v) is 5.87. The molecule has 86 valence electrons. The van der Waals surface area contributed by atoms with Gasteiger partial charge in [-0.1, -0.05) is 6.07 Å². The third-order valence-electron chi connectivity index (χ3n) is 2.30. The molecule has 0 saturated carbocycles. The van der Waals surface area contributed by atoms with Gasteiger partial charge < -0.3 is 9.84 Å². The minimum Gasteiger partial charge on any atom is -0.481 e.